The van der Waals surface area contributed by atoms with Crippen molar-refractivity contribution in [3.8, 4) is 0 Å². The molecule has 0 aliphatic carbocycles. The van der Waals surface area contributed by atoms with Crippen molar-refractivity contribution in [1.82, 2.24) is 21.3 Å². The Morgan fingerprint density at radius 1 is 0.472 bits per heavy atom. The lowest BCUT2D eigenvalue weighted by Crippen LogP contribution is -2.57. The molecule has 0 saturated carbocycles. The van der Waals surface area contributed by atoms with E-state index in [0.717, 1.165) is 25.7 Å². The molecule has 304 valence electrons. The second kappa shape index (κ2) is 30.8. The number of guanidine groups is 3. The number of primary amides is 1. The van der Waals surface area contributed by atoms with Crippen molar-refractivity contribution in [2.45, 2.75) is 141 Å². The minimum atomic E-state index is -1.15. The van der Waals surface area contributed by atoms with E-state index in [4.69, 9.17) is 40.1 Å². The first-order valence-corrected chi connectivity index (χ1v) is 18.9. The van der Waals surface area contributed by atoms with Crippen LogP contribution in [0.3, 0.4) is 0 Å². The van der Waals surface area contributed by atoms with Crippen molar-refractivity contribution in [3.63, 3.8) is 0 Å². The number of nitrogens with zero attached hydrogens (tertiary/aromatic N) is 3. The molecule has 0 aromatic rings. The smallest absolute Gasteiger partial charge is 0.243 e. The van der Waals surface area contributed by atoms with E-state index in [9.17, 15) is 24.0 Å². The Morgan fingerprint density at radius 3 is 1.26 bits per heavy atom. The topological polar surface area (TPSA) is 353 Å². The van der Waals surface area contributed by atoms with Gasteiger partial charge in [0.2, 0.25) is 29.5 Å². The lowest BCUT2D eigenvalue weighted by molar-refractivity contribution is -0.133. The maximum Gasteiger partial charge on any atom is 0.243 e. The minimum Gasteiger partial charge on any atom is -0.370 e. The molecule has 0 rings (SSSR count). The van der Waals surface area contributed by atoms with Crippen LogP contribution in [-0.2, 0) is 24.0 Å². The molecule has 0 spiro atoms. The lowest BCUT2D eigenvalue weighted by atomic mass is 10.1. The third-order valence-corrected chi connectivity index (χ3v) is 8.23. The highest BCUT2D eigenvalue weighted by atomic mass is 16.2. The number of nitrogens with two attached hydrogens (primary N) is 7. The van der Waals surface area contributed by atoms with Gasteiger partial charge in [0.15, 0.2) is 17.9 Å². The van der Waals surface area contributed by atoms with Crippen LogP contribution in [0.25, 0.3) is 0 Å². The summed E-state index contributed by atoms with van der Waals surface area (Å²) in [5, 5.41) is 10.5. The zero-order valence-corrected chi connectivity index (χ0v) is 31.7. The van der Waals surface area contributed by atoms with Gasteiger partial charge in [-0.05, 0) is 44.9 Å². The lowest BCUT2D eigenvalue weighted by Gasteiger charge is -2.25. The van der Waals surface area contributed by atoms with Crippen LogP contribution in [0.15, 0.2) is 15.0 Å². The first kappa shape index (κ1) is 48.2. The summed E-state index contributed by atoms with van der Waals surface area (Å²) < 4.78 is 0. The van der Waals surface area contributed by atoms with Gasteiger partial charge in [-0.25, -0.2) is 0 Å². The van der Waals surface area contributed by atoms with Crippen molar-refractivity contribution in [3.05, 3.63) is 0 Å². The van der Waals surface area contributed by atoms with Crippen molar-refractivity contribution in [1.29, 1.82) is 0 Å². The number of unbranched alkanes of at least 4 members (excludes halogenated alkanes) is 10. The van der Waals surface area contributed by atoms with E-state index in [-0.39, 0.29) is 75.6 Å². The molecule has 0 aromatic carbocycles. The molecule has 0 unspecified atom stereocenters. The van der Waals surface area contributed by atoms with E-state index >= 15 is 0 Å². The molecule has 0 aliphatic heterocycles. The molecule has 19 heteroatoms. The molecule has 0 saturated heterocycles. The van der Waals surface area contributed by atoms with Gasteiger partial charge in [0.05, 0.1) is 6.54 Å². The predicted molar refractivity (Wildman–Crippen MR) is 209 cm³/mol. The number of aliphatic imine (C=N–C) groups is 3. The number of amides is 5. The van der Waals surface area contributed by atoms with Crippen LogP contribution in [0.5, 0.6) is 0 Å². The first-order chi connectivity index (χ1) is 25.3. The predicted octanol–water partition coefficient (Wildman–Crippen LogP) is -1.10. The van der Waals surface area contributed by atoms with Gasteiger partial charge in [0.25, 0.3) is 0 Å². The molecule has 18 N–H and O–H groups in total. The standard InChI is InChI=1S/C34H68N14O5/c1-2-3-4-5-6-7-8-9-10-11-12-19-27(49)45-23-28(50)46-25(17-14-21-43-33(38)39)30(52)48-26(18-15-22-44-34(40)41)31(53)47-24(29(35)51)16-13-20-42-32(36)37/h24-26H,2-23H2,1H3,(H2,35,51)(H,45,49)(H,46,50)(H,47,53)(H,48,52)(H4,36,37,42)(H4,38,39,43)(H4,40,41,44)/t24-,25-,26-/m0/s1. The molecule has 0 radical (unpaired) electrons. The molecule has 0 heterocycles. The van der Waals surface area contributed by atoms with Gasteiger partial charge in [0, 0.05) is 26.1 Å². The summed E-state index contributed by atoms with van der Waals surface area (Å²) in [5.41, 5.74) is 37.8. The van der Waals surface area contributed by atoms with Gasteiger partial charge in [-0.3, -0.25) is 38.9 Å². The fourth-order valence-electron chi connectivity index (χ4n) is 5.34. The van der Waals surface area contributed by atoms with E-state index in [0.29, 0.717) is 19.3 Å². The van der Waals surface area contributed by atoms with E-state index in [2.05, 4.69) is 43.2 Å². The summed E-state index contributed by atoms with van der Waals surface area (Å²) in [4.78, 5) is 76.0. The van der Waals surface area contributed by atoms with Crippen LogP contribution < -0.4 is 61.4 Å². The number of nitrogens with one attached hydrogen (secondary N) is 4. The van der Waals surface area contributed by atoms with E-state index in [1.54, 1.807) is 0 Å². The molecular formula is C34H68N14O5. The SMILES string of the molecule is CCCCCCCCCCCCCC(=O)NCC(=O)N[C@@H](CCCN=C(N)N)C(=O)N[C@@H](CCCN=C(N)N)C(=O)N[C@@H](CCCN=C(N)N)C(N)=O. The Kier molecular flexibility index (Phi) is 27.9. The highest BCUT2D eigenvalue weighted by molar-refractivity contribution is 5.94. The zero-order chi connectivity index (χ0) is 39.9. The van der Waals surface area contributed by atoms with Crippen LogP contribution in [0.1, 0.15) is 122 Å². The minimum absolute atomic E-state index is 0.0810. The van der Waals surface area contributed by atoms with Gasteiger partial charge in [-0.2, -0.15) is 0 Å². The molecule has 0 fully saturated rings. The Bertz CT molecular complexity index is 1170. The Labute approximate surface area is 314 Å². The average Bonchev–Trinajstić information content (AvgIpc) is 3.09. The van der Waals surface area contributed by atoms with Crippen molar-refractivity contribution >= 4 is 47.4 Å². The summed E-state index contributed by atoms with van der Waals surface area (Å²) in [6.45, 7) is 2.43. The van der Waals surface area contributed by atoms with Crippen LogP contribution >= 0.6 is 0 Å². The van der Waals surface area contributed by atoms with Crippen LogP contribution in [-0.4, -0.2) is 91.7 Å². The number of carbonyl (C=O) groups excluding carboxylic acids is 5. The fourth-order valence-corrected chi connectivity index (χ4v) is 5.34. The summed E-state index contributed by atoms with van der Waals surface area (Å²) in [6.07, 6.45) is 14.3. The number of hydrogen-bond acceptors (Lipinski definition) is 8. The van der Waals surface area contributed by atoms with Crippen molar-refractivity contribution in [2.75, 3.05) is 26.2 Å². The average molecular weight is 753 g/mol. The Balaban J connectivity index is 5.31. The summed E-state index contributed by atoms with van der Waals surface area (Å²) in [7, 11) is 0. The van der Waals surface area contributed by atoms with Gasteiger partial charge in [0.1, 0.15) is 18.1 Å². The van der Waals surface area contributed by atoms with Crippen molar-refractivity contribution < 1.29 is 24.0 Å². The quantitative estimate of drug-likeness (QED) is 0.0223. The first-order valence-electron chi connectivity index (χ1n) is 18.9. The Hall–Kier alpha value is -4.84. The van der Waals surface area contributed by atoms with Gasteiger partial charge in [-0.1, -0.05) is 71.1 Å². The van der Waals surface area contributed by atoms with E-state index in [1.807, 2.05) is 0 Å². The molecule has 0 bridgehead atoms. The van der Waals surface area contributed by atoms with Crippen molar-refractivity contribution in [2.24, 2.45) is 55.1 Å². The van der Waals surface area contributed by atoms with Crippen LogP contribution in [0, 0.1) is 0 Å². The highest BCUT2D eigenvalue weighted by Gasteiger charge is 2.29. The van der Waals surface area contributed by atoms with E-state index < -0.39 is 41.8 Å². The summed E-state index contributed by atoms with van der Waals surface area (Å²) in [6, 6.07) is -3.34. The van der Waals surface area contributed by atoms with Crippen LogP contribution in [0.2, 0.25) is 0 Å². The van der Waals surface area contributed by atoms with Gasteiger partial charge < -0.3 is 61.4 Å². The number of hydrogen-bond donors (Lipinski definition) is 11. The molecule has 0 aliphatic rings. The second-order valence-corrected chi connectivity index (χ2v) is 13.1. The third kappa shape index (κ3) is 28.4. The maximum atomic E-state index is 13.5. The van der Waals surface area contributed by atoms with Crippen LogP contribution in [0.4, 0.5) is 0 Å². The highest BCUT2D eigenvalue weighted by Crippen LogP contribution is 2.12. The van der Waals surface area contributed by atoms with Gasteiger partial charge in [-0.15, -0.1) is 0 Å². The molecule has 5 amide bonds. The Morgan fingerprint density at radius 2 is 0.849 bits per heavy atom. The largest absolute Gasteiger partial charge is 0.370 e. The second-order valence-electron chi connectivity index (χ2n) is 13.1. The summed E-state index contributed by atoms with van der Waals surface area (Å²) >= 11 is 0. The summed E-state index contributed by atoms with van der Waals surface area (Å²) in [5.74, 6) is -3.39. The molecule has 3 atom stereocenters. The molecule has 0 aromatic heterocycles. The third-order valence-electron chi connectivity index (χ3n) is 8.23. The number of carbonyl (C=O) groups is 5. The van der Waals surface area contributed by atoms with Gasteiger partial charge >= 0.3 is 0 Å². The van der Waals surface area contributed by atoms with E-state index in [1.165, 1.54) is 44.9 Å². The molecule has 19 nitrogen and oxygen atoms in total. The number of rotatable bonds is 32. The monoisotopic (exact) mass is 753 g/mol. The fraction of sp³-hybridized carbons (Fsp3) is 0.765. The molecule has 53 heavy (non-hydrogen) atoms. The molecular weight excluding hydrogens is 684 g/mol. The zero-order valence-electron chi connectivity index (χ0n) is 31.7. The maximum absolute atomic E-state index is 13.5. The normalized spacial score (nSPS) is 12.3.